The van der Waals surface area contributed by atoms with Crippen LogP contribution in [0.3, 0.4) is 0 Å². The molecular formula is C16H18FN3O4. The zero-order valence-corrected chi connectivity index (χ0v) is 12.9. The summed E-state index contributed by atoms with van der Waals surface area (Å²) >= 11 is 0. The van der Waals surface area contributed by atoms with Gasteiger partial charge in [-0.25, -0.2) is 9.18 Å². The van der Waals surface area contributed by atoms with Gasteiger partial charge in [-0.2, -0.15) is 0 Å². The van der Waals surface area contributed by atoms with Crippen molar-refractivity contribution in [3.05, 3.63) is 29.6 Å². The number of rotatable bonds is 4. The van der Waals surface area contributed by atoms with E-state index in [1.165, 1.54) is 17.0 Å². The van der Waals surface area contributed by atoms with Gasteiger partial charge in [-0.05, 0) is 37.5 Å². The summed E-state index contributed by atoms with van der Waals surface area (Å²) in [5, 5.41) is 14.3. The quantitative estimate of drug-likeness (QED) is 0.773. The first-order chi connectivity index (χ1) is 11.5. The maximum Gasteiger partial charge on any atom is 0.321 e. The number of halogens is 1. The van der Waals surface area contributed by atoms with E-state index < -0.39 is 23.6 Å². The molecule has 2 aliphatic rings. The fraction of sp³-hybridized carbons (Fsp3) is 0.438. The summed E-state index contributed by atoms with van der Waals surface area (Å²) in [6.07, 6.45) is 1.40. The molecule has 3 rings (SSSR count). The first-order valence-corrected chi connectivity index (χ1v) is 7.84. The van der Waals surface area contributed by atoms with Gasteiger partial charge in [-0.15, -0.1) is 0 Å². The van der Waals surface area contributed by atoms with Crippen molar-refractivity contribution in [3.63, 3.8) is 0 Å². The Hall–Kier alpha value is -2.64. The predicted molar refractivity (Wildman–Crippen MR) is 83.4 cm³/mol. The van der Waals surface area contributed by atoms with Crippen molar-refractivity contribution in [2.75, 3.05) is 18.0 Å². The maximum absolute atomic E-state index is 14.0. The lowest BCUT2D eigenvalue weighted by atomic mass is 10.1. The molecule has 1 aromatic rings. The van der Waals surface area contributed by atoms with Crippen LogP contribution in [0.2, 0.25) is 0 Å². The van der Waals surface area contributed by atoms with Crippen LogP contribution in [0.15, 0.2) is 18.2 Å². The van der Waals surface area contributed by atoms with Gasteiger partial charge in [0.05, 0.1) is 11.5 Å². The van der Waals surface area contributed by atoms with Crippen LogP contribution in [0.25, 0.3) is 0 Å². The van der Waals surface area contributed by atoms with E-state index in [0.29, 0.717) is 38.0 Å². The average Bonchev–Trinajstić information content (AvgIpc) is 3.17. The Morgan fingerprint density at radius 1 is 1.33 bits per heavy atom. The first-order valence-electron chi connectivity index (χ1n) is 7.84. The number of aliphatic carboxylic acids is 1. The molecule has 1 saturated carbocycles. The van der Waals surface area contributed by atoms with E-state index in [1.807, 2.05) is 0 Å². The van der Waals surface area contributed by atoms with Gasteiger partial charge in [0.1, 0.15) is 5.82 Å². The highest BCUT2D eigenvalue weighted by Gasteiger charge is 2.31. The molecule has 8 heteroatoms. The molecule has 0 bridgehead atoms. The van der Waals surface area contributed by atoms with E-state index in [9.17, 15) is 18.8 Å². The minimum Gasteiger partial charge on any atom is -0.481 e. The maximum atomic E-state index is 14.0. The van der Waals surface area contributed by atoms with E-state index in [2.05, 4.69) is 10.6 Å². The van der Waals surface area contributed by atoms with Crippen LogP contribution in [-0.2, 0) is 4.79 Å². The van der Waals surface area contributed by atoms with Crippen molar-refractivity contribution in [1.29, 1.82) is 0 Å². The standard InChI is InChI=1S/C16H18FN3O4/c17-13-4-3-11(20-6-5-18-16(20)24)8-12(13)14(21)19-10-2-1-9(7-10)15(22)23/h3-4,8-10H,1-2,5-7H2,(H,18,24)(H,19,21)(H,22,23)/t9-,10+/m1/s1. The van der Waals surface area contributed by atoms with E-state index in [0.717, 1.165) is 6.07 Å². The summed E-state index contributed by atoms with van der Waals surface area (Å²) in [5.74, 6) is -2.62. The summed E-state index contributed by atoms with van der Waals surface area (Å²) in [6.45, 7) is 0.949. The second kappa shape index (κ2) is 6.46. The average molecular weight is 335 g/mol. The molecular weight excluding hydrogens is 317 g/mol. The summed E-state index contributed by atoms with van der Waals surface area (Å²) in [7, 11) is 0. The monoisotopic (exact) mass is 335 g/mol. The van der Waals surface area contributed by atoms with Crippen molar-refractivity contribution in [2.45, 2.75) is 25.3 Å². The van der Waals surface area contributed by atoms with Crippen molar-refractivity contribution in [2.24, 2.45) is 5.92 Å². The summed E-state index contributed by atoms with van der Waals surface area (Å²) in [6, 6.07) is 3.39. The molecule has 1 heterocycles. The number of nitrogens with one attached hydrogen (secondary N) is 2. The molecule has 1 saturated heterocycles. The van der Waals surface area contributed by atoms with E-state index >= 15 is 0 Å². The van der Waals surface area contributed by atoms with Gasteiger partial charge in [0.15, 0.2) is 0 Å². The molecule has 1 aromatic carbocycles. The van der Waals surface area contributed by atoms with Gasteiger partial charge < -0.3 is 15.7 Å². The number of nitrogens with zero attached hydrogens (tertiary/aromatic N) is 1. The minimum atomic E-state index is -0.875. The molecule has 2 fully saturated rings. The SMILES string of the molecule is O=C(N[C@H]1CC[C@@H](C(=O)O)C1)c1cc(N2CCNC2=O)ccc1F. The highest BCUT2D eigenvalue weighted by atomic mass is 19.1. The van der Waals surface area contributed by atoms with Crippen LogP contribution in [0.5, 0.6) is 0 Å². The minimum absolute atomic E-state index is 0.147. The number of hydrogen-bond donors (Lipinski definition) is 3. The van der Waals surface area contributed by atoms with E-state index in [1.54, 1.807) is 0 Å². The highest BCUT2D eigenvalue weighted by molar-refractivity contribution is 5.98. The van der Waals surface area contributed by atoms with Gasteiger partial charge >= 0.3 is 12.0 Å². The molecule has 3 amide bonds. The topological polar surface area (TPSA) is 98.7 Å². The lowest BCUT2D eigenvalue weighted by molar-refractivity contribution is -0.141. The number of carbonyl (C=O) groups excluding carboxylic acids is 2. The Kier molecular flexibility index (Phi) is 4.37. The molecule has 0 radical (unpaired) electrons. The van der Waals surface area contributed by atoms with Crippen molar-refractivity contribution in [3.8, 4) is 0 Å². The molecule has 0 unspecified atom stereocenters. The van der Waals surface area contributed by atoms with Gasteiger partial charge in [0.25, 0.3) is 5.91 Å². The highest BCUT2D eigenvalue weighted by Crippen LogP contribution is 2.26. The molecule has 1 aliphatic carbocycles. The lowest BCUT2D eigenvalue weighted by Crippen LogP contribution is -2.34. The molecule has 3 N–H and O–H groups in total. The molecule has 0 spiro atoms. The summed E-state index contributed by atoms with van der Waals surface area (Å²) in [4.78, 5) is 36.4. The van der Waals surface area contributed by atoms with Crippen LogP contribution in [-0.4, -0.2) is 42.1 Å². The first kappa shape index (κ1) is 16.2. The van der Waals surface area contributed by atoms with Gasteiger partial charge in [0, 0.05) is 24.8 Å². The second-order valence-electron chi connectivity index (χ2n) is 6.07. The number of carboxylic acids is 1. The van der Waals surface area contributed by atoms with Crippen LogP contribution < -0.4 is 15.5 Å². The molecule has 1 aliphatic heterocycles. The number of carbonyl (C=O) groups is 3. The number of anilines is 1. The molecule has 2 atom stereocenters. The third kappa shape index (κ3) is 3.17. The third-order valence-corrected chi connectivity index (χ3v) is 4.48. The normalized spacial score (nSPS) is 23.2. The van der Waals surface area contributed by atoms with Gasteiger partial charge in [-0.1, -0.05) is 0 Å². The predicted octanol–water partition coefficient (Wildman–Crippen LogP) is 1.34. The van der Waals surface area contributed by atoms with Crippen LogP contribution in [0.4, 0.5) is 14.9 Å². The van der Waals surface area contributed by atoms with Gasteiger partial charge in [0.2, 0.25) is 0 Å². The largest absolute Gasteiger partial charge is 0.481 e. The molecule has 7 nitrogen and oxygen atoms in total. The van der Waals surface area contributed by atoms with Crippen molar-refractivity contribution >= 4 is 23.6 Å². The number of urea groups is 1. The fourth-order valence-corrected chi connectivity index (χ4v) is 3.17. The molecule has 0 aromatic heterocycles. The zero-order valence-electron chi connectivity index (χ0n) is 12.9. The number of carboxylic acid groups (broad SMARTS) is 1. The van der Waals surface area contributed by atoms with Gasteiger partial charge in [-0.3, -0.25) is 14.5 Å². The third-order valence-electron chi connectivity index (χ3n) is 4.48. The molecule has 128 valence electrons. The second-order valence-corrected chi connectivity index (χ2v) is 6.07. The molecule has 24 heavy (non-hydrogen) atoms. The van der Waals surface area contributed by atoms with Crippen LogP contribution in [0, 0.1) is 11.7 Å². The van der Waals surface area contributed by atoms with E-state index in [-0.39, 0.29) is 17.6 Å². The van der Waals surface area contributed by atoms with Crippen molar-refractivity contribution < 1.29 is 23.9 Å². The lowest BCUT2D eigenvalue weighted by Gasteiger charge is -2.17. The number of hydrogen-bond acceptors (Lipinski definition) is 3. The summed E-state index contributed by atoms with van der Waals surface area (Å²) < 4.78 is 14.0. The smallest absolute Gasteiger partial charge is 0.321 e. The Balaban J connectivity index is 1.72. The summed E-state index contributed by atoms with van der Waals surface area (Å²) in [5.41, 5.74) is 0.303. The van der Waals surface area contributed by atoms with Crippen molar-refractivity contribution in [1.82, 2.24) is 10.6 Å². The zero-order chi connectivity index (χ0) is 17.3. The number of benzene rings is 1. The Morgan fingerprint density at radius 3 is 2.75 bits per heavy atom. The Morgan fingerprint density at radius 2 is 2.12 bits per heavy atom. The van der Waals surface area contributed by atoms with Crippen LogP contribution >= 0.6 is 0 Å². The Labute approximate surface area is 137 Å². The van der Waals surface area contributed by atoms with Crippen LogP contribution in [0.1, 0.15) is 29.6 Å². The van der Waals surface area contributed by atoms with E-state index in [4.69, 9.17) is 5.11 Å². The number of amides is 3. The fourth-order valence-electron chi connectivity index (χ4n) is 3.17. The Bertz CT molecular complexity index is 694.